The van der Waals surface area contributed by atoms with Crippen LogP contribution in [0.4, 0.5) is 0 Å². The second kappa shape index (κ2) is 6.50. The molecule has 1 unspecified atom stereocenters. The Balaban J connectivity index is 4.21. The van der Waals surface area contributed by atoms with Crippen molar-refractivity contribution in [1.82, 2.24) is 5.32 Å². The molecule has 80 valence electrons. The van der Waals surface area contributed by atoms with Crippen molar-refractivity contribution in [2.45, 2.75) is 24.8 Å². The standard InChI is InChI=1S/C8H22N2O2Si/c1-4-8(13,10-6-5-9)7(11-2)12-3/h7,10H,4-6,9H2,1-3,13H3. The highest BCUT2D eigenvalue weighted by molar-refractivity contribution is 6.15. The first kappa shape index (κ1) is 13.1. The summed E-state index contributed by atoms with van der Waals surface area (Å²) < 4.78 is 10.5. The average Bonchev–Trinajstić information content (AvgIpc) is 2.16. The smallest absolute Gasteiger partial charge is 0.171 e. The summed E-state index contributed by atoms with van der Waals surface area (Å²) in [4.78, 5) is 0. The predicted octanol–water partition coefficient (Wildman–Crippen LogP) is -1.37. The molecule has 0 fully saturated rings. The molecule has 0 bridgehead atoms. The van der Waals surface area contributed by atoms with Crippen LogP contribution in [0.25, 0.3) is 0 Å². The molecule has 0 saturated heterocycles. The lowest BCUT2D eigenvalue weighted by Crippen LogP contribution is -2.57. The van der Waals surface area contributed by atoms with Gasteiger partial charge in [0.05, 0.1) is 5.16 Å². The SMILES string of the molecule is CCC([SiH3])(NCCN)C(OC)OC. The van der Waals surface area contributed by atoms with Crippen molar-refractivity contribution in [2.24, 2.45) is 5.73 Å². The summed E-state index contributed by atoms with van der Waals surface area (Å²) in [5.74, 6) is 0. The second-order valence-electron chi connectivity index (χ2n) is 3.29. The zero-order valence-corrected chi connectivity index (χ0v) is 11.1. The predicted molar refractivity (Wildman–Crippen MR) is 57.8 cm³/mol. The Bertz CT molecular complexity index is 133. The summed E-state index contributed by atoms with van der Waals surface area (Å²) in [7, 11) is 4.30. The number of nitrogens with two attached hydrogens (primary N) is 1. The maximum atomic E-state index is 5.44. The van der Waals surface area contributed by atoms with E-state index < -0.39 is 0 Å². The van der Waals surface area contributed by atoms with Gasteiger partial charge in [-0.3, -0.25) is 0 Å². The molecular formula is C8H22N2O2Si. The first-order chi connectivity index (χ1) is 6.14. The third kappa shape index (κ3) is 3.74. The highest BCUT2D eigenvalue weighted by Gasteiger charge is 2.31. The van der Waals surface area contributed by atoms with Crippen molar-refractivity contribution in [2.75, 3.05) is 27.3 Å². The van der Waals surface area contributed by atoms with E-state index in [-0.39, 0.29) is 11.5 Å². The number of rotatable bonds is 7. The van der Waals surface area contributed by atoms with Gasteiger partial charge in [0.25, 0.3) is 0 Å². The van der Waals surface area contributed by atoms with Gasteiger partial charge >= 0.3 is 0 Å². The Hall–Kier alpha value is 0.0569. The van der Waals surface area contributed by atoms with Gasteiger partial charge in [-0.1, -0.05) is 6.92 Å². The number of nitrogens with one attached hydrogen (secondary N) is 1. The molecule has 0 rings (SSSR count). The van der Waals surface area contributed by atoms with E-state index in [1.165, 1.54) is 0 Å². The molecule has 5 heteroatoms. The Kier molecular flexibility index (Phi) is 6.53. The summed E-state index contributed by atoms with van der Waals surface area (Å²) in [6, 6.07) is 0. The van der Waals surface area contributed by atoms with Crippen molar-refractivity contribution < 1.29 is 9.47 Å². The fourth-order valence-corrected chi connectivity index (χ4v) is 2.07. The molecule has 0 aliphatic heterocycles. The Morgan fingerprint density at radius 1 is 1.46 bits per heavy atom. The minimum absolute atomic E-state index is 0.0249. The van der Waals surface area contributed by atoms with Gasteiger partial charge in [-0.25, -0.2) is 0 Å². The van der Waals surface area contributed by atoms with Gasteiger partial charge in [-0.2, -0.15) is 0 Å². The second-order valence-corrected chi connectivity index (χ2v) is 5.07. The van der Waals surface area contributed by atoms with E-state index in [4.69, 9.17) is 15.2 Å². The molecule has 0 aromatic rings. The minimum atomic E-state index is -0.171. The van der Waals surface area contributed by atoms with E-state index >= 15 is 0 Å². The summed E-state index contributed by atoms with van der Waals surface area (Å²) in [5, 5.41) is 3.36. The molecule has 0 aliphatic rings. The van der Waals surface area contributed by atoms with Gasteiger partial charge in [0.2, 0.25) is 0 Å². The molecule has 0 radical (unpaired) electrons. The van der Waals surface area contributed by atoms with Crippen LogP contribution in [0, 0.1) is 0 Å². The highest BCUT2D eigenvalue weighted by atomic mass is 28.1. The molecule has 0 spiro atoms. The lowest BCUT2D eigenvalue weighted by molar-refractivity contribution is -0.134. The molecule has 0 aliphatic carbocycles. The first-order valence-electron chi connectivity index (χ1n) is 4.65. The summed E-state index contributed by atoms with van der Waals surface area (Å²) in [6.07, 6.45) is 0.821. The zero-order chi connectivity index (χ0) is 10.3. The molecule has 0 aromatic carbocycles. The molecule has 0 amide bonds. The van der Waals surface area contributed by atoms with Crippen LogP contribution in [0.5, 0.6) is 0 Å². The monoisotopic (exact) mass is 206 g/mol. The van der Waals surface area contributed by atoms with E-state index in [1.54, 1.807) is 14.2 Å². The number of hydrogen-bond acceptors (Lipinski definition) is 4. The van der Waals surface area contributed by atoms with Crippen LogP contribution in [-0.2, 0) is 9.47 Å². The van der Waals surface area contributed by atoms with E-state index in [0.29, 0.717) is 6.54 Å². The Morgan fingerprint density at radius 2 is 2.00 bits per heavy atom. The van der Waals surface area contributed by atoms with Gasteiger partial charge in [-0.05, 0) is 6.42 Å². The topological polar surface area (TPSA) is 56.5 Å². The van der Waals surface area contributed by atoms with Gasteiger partial charge in [0.1, 0.15) is 0 Å². The number of hydrogen-bond donors (Lipinski definition) is 2. The number of methoxy groups -OCH3 is 2. The third-order valence-corrected chi connectivity index (χ3v) is 3.89. The lowest BCUT2D eigenvalue weighted by Gasteiger charge is -2.35. The quantitative estimate of drug-likeness (QED) is 0.398. The molecule has 0 heterocycles. The molecule has 4 nitrogen and oxygen atoms in total. The van der Waals surface area contributed by atoms with Crippen molar-refractivity contribution in [3.05, 3.63) is 0 Å². The van der Waals surface area contributed by atoms with Crippen LogP contribution >= 0.6 is 0 Å². The Morgan fingerprint density at radius 3 is 2.31 bits per heavy atom. The zero-order valence-electron chi connectivity index (χ0n) is 9.09. The fraction of sp³-hybridized carbons (Fsp3) is 1.00. The van der Waals surface area contributed by atoms with Crippen LogP contribution in [0.2, 0.25) is 0 Å². The van der Waals surface area contributed by atoms with Crippen LogP contribution in [0.15, 0.2) is 0 Å². The molecule has 0 aromatic heterocycles. The normalized spacial score (nSPS) is 16.4. The van der Waals surface area contributed by atoms with Gasteiger partial charge in [0.15, 0.2) is 6.29 Å². The van der Waals surface area contributed by atoms with Crippen molar-refractivity contribution in [3.8, 4) is 0 Å². The van der Waals surface area contributed by atoms with Crippen LogP contribution in [0.1, 0.15) is 13.3 Å². The van der Waals surface area contributed by atoms with Crippen molar-refractivity contribution in [1.29, 1.82) is 0 Å². The van der Waals surface area contributed by atoms with E-state index in [1.807, 2.05) is 0 Å². The van der Waals surface area contributed by atoms with Crippen LogP contribution in [0.3, 0.4) is 0 Å². The summed E-state index contributed by atoms with van der Waals surface area (Å²) >= 11 is 0. The average molecular weight is 206 g/mol. The largest absolute Gasteiger partial charge is 0.354 e. The van der Waals surface area contributed by atoms with Gasteiger partial charge in [-0.15, -0.1) is 0 Å². The highest BCUT2D eigenvalue weighted by Crippen LogP contribution is 2.14. The molecule has 0 saturated carbocycles. The maximum absolute atomic E-state index is 5.44. The van der Waals surface area contributed by atoms with E-state index in [2.05, 4.69) is 12.2 Å². The van der Waals surface area contributed by atoms with E-state index in [9.17, 15) is 0 Å². The van der Waals surface area contributed by atoms with Crippen LogP contribution in [-0.4, -0.2) is 49.0 Å². The van der Waals surface area contributed by atoms with Crippen LogP contribution < -0.4 is 11.1 Å². The first-order valence-corrected chi connectivity index (χ1v) is 5.65. The summed E-state index contributed by atoms with van der Waals surface area (Å²) in [6.45, 7) is 3.58. The minimum Gasteiger partial charge on any atom is -0.354 e. The summed E-state index contributed by atoms with van der Waals surface area (Å²) in [5.41, 5.74) is 5.44. The molecule has 13 heavy (non-hydrogen) atoms. The fourth-order valence-electron chi connectivity index (χ4n) is 1.35. The molecular weight excluding hydrogens is 184 g/mol. The lowest BCUT2D eigenvalue weighted by atomic mass is 10.2. The maximum Gasteiger partial charge on any atom is 0.171 e. The van der Waals surface area contributed by atoms with E-state index in [0.717, 1.165) is 23.2 Å². The number of ether oxygens (including phenoxy) is 2. The Labute approximate surface area is 83.6 Å². The van der Waals surface area contributed by atoms with Crippen molar-refractivity contribution in [3.63, 3.8) is 0 Å². The van der Waals surface area contributed by atoms with Crippen molar-refractivity contribution >= 4 is 10.2 Å². The van der Waals surface area contributed by atoms with Gasteiger partial charge < -0.3 is 20.5 Å². The molecule has 1 atom stereocenters. The third-order valence-electron chi connectivity index (χ3n) is 2.36. The van der Waals surface area contributed by atoms with Gasteiger partial charge in [0, 0.05) is 37.6 Å². The molecule has 3 N–H and O–H groups in total.